The Labute approximate surface area is 103 Å². The zero-order valence-corrected chi connectivity index (χ0v) is 11.2. The Hall–Kier alpha value is -1.10. The summed E-state index contributed by atoms with van der Waals surface area (Å²) in [5, 5.41) is 0. The minimum Gasteiger partial charge on any atom is -0.369 e. The molecule has 16 heavy (non-hydrogen) atoms. The first-order chi connectivity index (χ1) is 7.45. The van der Waals surface area contributed by atoms with E-state index in [4.69, 9.17) is 5.73 Å². The third-order valence-electron chi connectivity index (χ3n) is 2.96. The van der Waals surface area contributed by atoms with Gasteiger partial charge in [-0.15, -0.1) is 0 Å². The van der Waals surface area contributed by atoms with Crippen molar-refractivity contribution in [1.29, 1.82) is 0 Å². The van der Waals surface area contributed by atoms with Gasteiger partial charge in [-0.2, -0.15) is 0 Å². The van der Waals surface area contributed by atoms with E-state index in [0.717, 1.165) is 22.1 Å². The van der Waals surface area contributed by atoms with Crippen LogP contribution in [0.2, 0.25) is 0 Å². The van der Waals surface area contributed by atoms with Crippen LogP contribution in [-0.4, -0.2) is 14.5 Å². The molecule has 0 radical (unpaired) electrons. The smallest absolute Gasteiger partial charge is 0.202 e. The Balaban J connectivity index is 2.74. The standard InChI is InChI=1S/C11H15BrN4/c1-4-11(2,3)16-9-8(15-10(16)13)5-7(12)6-14-9/h5-6H,4H2,1-3H3,(H2,13,15). The lowest BCUT2D eigenvalue weighted by Gasteiger charge is -2.26. The number of hydrogen-bond acceptors (Lipinski definition) is 3. The van der Waals surface area contributed by atoms with Gasteiger partial charge in [0.1, 0.15) is 5.52 Å². The van der Waals surface area contributed by atoms with Gasteiger partial charge in [0, 0.05) is 16.2 Å². The molecule has 2 rings (SSSR count). The second kappa shape index (κ2) is 3.73. The van der Waals surface area contributed by atoms with Crippen LogP contribution in [0.3, 0.4) is 0 Å². The molecule has 0 spiro atoms. The molecule has 0 amide bonds. The first-order valence-corrected chi connectivity index (χ1v) is 6.05. The molecule has 0 saturated heterocycles. The van der Waals surface area contributed by atoms with E-state index < -0.39 is 0 Å². The quantitative estimate of drug-likeness (QED) is 0.922. The van der Waals surface area contributed by atoms with Gasteiger partial charge in [-0.25, -0.2) is 9.97 Å². The van der Waals surface area contributed by atoms with Crippen LogP contribution in [0.25, 0.3) is 11.2 Å². The van der Waals surface area contributed by atoms with Crippen molar-refractivity contribution in [3.05, 3.63) is 16.7 Å². The predicted octanol–water partition coefficient (Wildman–Crippen LogP) is 2.92. The average molecular weight is 283 g/mol. The van der Waals surface area contributed by atoms with Crippen LogP contribution in [0.4, 0.5) is 5.95 Å². The van der Waals surface area contributed by atoms with E-state index >= 15 is 0 Å². The molecule has 0 fully saturated rings. The van der Waals surface area contributed by atoms with Gasteiger partial charge in [-0.3, -0.25) is 4.57 Å². The van der Waals surface area contributed by atoms with Crippen LogP contribution >= 0.6 is 15.9 Å². The molecule has 0 aliphatic carbocycles. The number of nitrogens with zero attached hydrogens (tertiary/aromatic N) is 3. The molecule has 0 saturated carbocycles. The summed E-state index contributed by atoms with van der Waals surface area (Å²) in [6.07, 6.45) is 2.74. The van der Waals surface area contributed by atoms with Gasteiger partial charge in [-0.05, 0) is 42.3 Å². The molecule has 86 valence electrons. The summed E-state index contributed by atoms with van der Waals surface area (Å²) in [6, 6.07) is 1.93. The third kappa shape index (κ3) is 1.69. The predicted molar refractivity (Wildman–Crippen MR) is 69.3 cm³/mol. The number of nitrogens with two attached hydrogens (primary N) is 1. The highest BCUT2D eigenvalue weighted by molar-refractivity contribution is 9.10. The second-order valence-corrected chi connectivity index (χ2v) is 5.38. The highest BCUT2D eigenvalue weighted by Crippen LogP contribution is 2.28. The third-order valence-corrected chi connectivity index (χ3v) is 3.39. The molecule has 0 aromatic carbocycles. The summed E-state index contributed by atoms with van der Waals surface area (Å²) >= 11 is 3.38. The summed E-state index contributed by atoms with van der Waals surface area (Å²) in [5.74, 6) is 0.521. The molecule has 2 N–H and O–H groups in total. The Morgan fingerprint density at radius 1 is 1.50 bits per heavy atom. The molecular weight excluding hydrogens is 268 g/mol. The minimum absolute atomic E-state index is 0.0698. The molecule has 2 heterocycles. The fraction of sp³-hybridized carbons (Fsp3) is 0.455. The fourth-order valence-electron chi connectivity index (χ4n) is 1.71. The molecule has 0 bridgehead atoms. The van der Waals surface area contributed by atoms with Crippen molar-refractivity contribution in [2.45, 2.75) is 32.7 Å². The van der Waals surface area contributed by atoms with E-state index in [0.29, 0.717) is 5.95 Å². The first kappa shape index (κ1) is 11.4. The Bertz CT molecular complexity index is 530. The highest BCUT2D eigenvalue weighted by atomic mass is 79.9. The SMILES string of the molecule is CCC(C)(C)n1c(N)nc2cc(Br)cnc21. The lowest BCUT2D eigenvalue weighted by molar-refractivity contribution is 0.355. The van der Waals surface area contributed by atoms with Gasteiger partial charge >= 0.3 is 0 Å². The Kier molecular flexibility index (Phi) is 2.66. The number of aromatic nitrogens is 3. The Morgan fingerprint density at radius 2 is 2.19 bits per heavy atom. The Morgan fingerprint density at radius 3 is 2.81 bits per heavy atom. The molecule has 4 nitrogen and oxygen atoms in total. The molecule has 0 aliphatic rings. The van der Waals surface area contributed by atoms with Gasteiger partial charge < -0.3 is 5.73 Å². The van der Waals surface area contributed by atoms with E-state index in [-0.39, 0.29) is 5.54 Å². The average Bonchev–Trinajstić information content (AvgIpc) is 2.53. The molecule has 0 aliphatic heterocycles. The zero-order chi connectivity index (χ0) is 11.9. The molecule has 2 aromatic rings. The first-order valence-electron chi connectivity index (χ1n) is 5.25. The van der Waals surface area contributed by atoms with E-state index in [9.17, 15) is 0 Å². The lowest BCUT2D eigenvalue weighted by atomic mass is 10.0. The van der Waals surface area contributed by atoms with Crippen LogP contribution < -0.4 is 5.73 Å². The van der Waals surface area contributed by atoms with Gasteiger partial charge in [-0.1, -0.05) is 6.92 Å². The van der Waals surface area contributed by atoms with Gasteiger partial charge in [0.05, 0.1) is 0 Å². The number of hydrogen-bond donors (Lipinski definition) is 1. The molecule has 2 aromatic heterocycles. The summed E-state index contributed by atoms with van der Waals surface area (Å²) in [4.78, 5) is 8.73. The largest absolute Gasteiger partial charge is 0.369 e. The topological polar surface area (TPSA) is 56.7 Å². The van der Waals surface area contributed by atoms with Crippen LogP contribution in [0.1, 0.15) is 27.2 Å². The van der Waals surface area contributed by atoms with Crippen molar-refractivity contribution in [3.63, 3.8) is 0 Å². The fourth-order valence-corrected chi connectivity index (χ4v) is 2.03. The number of rotatable bonds is 2. The summed E-state index contributed by atoms with van der Waals surface area (Å²) in [6.45, 7) is 6.40. The van der Waals surface area contributed by atoms with Crippen LogP contribution in [0, 0.1) is 0 Å². The summed E-state index contributed by atoms with van der Waals surface area (Å²) in [7, 11) is 0. The maximum atomic E-state index is 5.96. The normalized spacial score (nSPS) is 12.2. The van der Waals surface area contributed by atoms with E-state index in [2.05, 4.69) is 46.7 Å². The van der Waals surface area contributed by atoms with Crippen LogP contribution in [-0.2, 0) is 5.54 Å². The van der Waals surface area contributed by atoms with Crippen molar-refractivity contribution in [2.24, 2.45) is 0 Å². The molecule has 5 heteroatoms. The number of pyridine rings is 1. The van der Waals surface area contributed by atoms with E-state index in [1.807, 2.05) is 10.6 Å². The van der Waals surface area contributed by atoms with Crippen LogP contribution in [0.15, 0.2) is 16.7 Å². The molecular formula is C11H15BrN4. The van der Waals surface area contributed by atoms with Crippen molar-refractivity contribution >= 4 is 33.0 Å². The minimum atomic E-state index is -0.0698. The maximum absolute atomic E-state index is 5.96. The highest BCUT2D eigenvalue weighted by Gasteiger charge is 2.23. The number of halogens is 1. The number of anilines is 1. The molecule has 0 atom stereocenters. The van der Waals surface area contributed by atoms with Crippen molar-refractivity contribution < 1.29 is 0 Å². The number of nitrogen functional groups attached to an aromatic ring is 1. The lowest BCUT2D eigenvalue weighted by Crippen LogP contribution is -2.26. The number of fused-ring (bicyclic) bond motifs is 1. The van der Waals surface area contributed by atoms with Gasteiger partial charge in [0.2, 0.25) is 5.95 Å². The zero-order valence-electron chi connectivity index (χ0n) is 9.66. The van der Waals surface area contributed by atoms with Crippen molar-refractivity contribution in [2.75, 3.05) is 5.73 Å². The summed E-state index contributed by atoms with van der Waals surface area (Å²) in [5.41, 5.74) is 7.56. The maximum Gasteiger partial charge on any atom is 0.202 e. The van der Waals surface area contributed by atoms with Gasteiger partial charge in [0.25, 0.3) is 0 Å². The number of imidazole rings is 1. The second-order valence-electron chi connectivity index (χ2n) is 4.47. The van der Waals surface area contributed by atoms with Gasteiger partial charge in [0.15, 0.2) is 5.65 Å². The monoisotopic (exact) mass is 282 g/mol. The summed E-state index contributed by atoms with van der Waals surface area (Å²) < 4.78 is 2.91. The van der Waals surface area contributed by atoms with Crippen LogP contribution in [0.5, 0.6) is 0 Å². The van der Waals surface area contributed by atoms with Crippen molar-refractivity contribution in [3.8, 4) is 0 Å². The van der Waals surface area contributed by atoms with E-state index in [1.54, 1.807) is 6.20 Å². The van der Waals surface area contributed by atoms with Crippen molar-refractivity contribution in [1.82, 2.24) is 14.5 Å². The van der Waals surface area contributed by atoms with E-state index in [1.165, 1.54) is 0 Å². The molecule has 0 unspecified atom stereocenters.